The molecule has 0 aromatic carbocycles. The van der Waals surface area contributed by atoms with Crippen LogP contribution in [-0.2, 0) is 14.9 Å². The van der Waals surface area contributed by atoms with Crippen LogP contribution in [0.4, 0.5) is 4.79 Å². The highest BCUT2D eigenvalue weighted by Gasteiger charge is 2.25. The van der Waals surface area contributed by atoms with Crippen LogP contribution >= 0.6 is 11.8 Å². The number of imide groups is 1. The number of hydrogen-bond acceptors (Lipinski definition) is 6. The first-order valence-electron chi connectivity index (χ1n) is 4.18. The van der Waals surface area contributed by atoms with Crippen LogP contribution in [0.25, 0.3) is 6.08 Å². The molecule has 0 atom stereocenters. The van der Waals surface area contributed by atoms with Gasteiger partial charge in [-0.2, -0.15) is 8.42 Å². The van der Waals surface area contributed by atoms with Crippen molar-refractivity contribution in [3.8, 4) is 0 Å². The summed E-state index contributed by atoms with van der Waals surface area (Å²) in [5.74, 6) is -0.533. The van der Waals surface area contributed by atoms with Crippen molar-refractivity contribution in [2.45, 2.75) is 5.09 Å². The normalized spacial score (nSPS) is 18.8. The van der Waals surface area contributed by atoms with Gasteiger partial charge in [-0.3, -0.25) is 19.5 Å². The predicted octanol–water partition coefficient (Wildman–Crippen LogP) is 0.850. The molecule has 1 aliphatic rings. The van der Waals surface area contributed by atoms with Crippen molar-refractivity contribution in [2.75, 3.05) is 0 Å². The molecule has 1 aliphatic heterocycles. The number of amides is 2. The second-order valence-electron chi connectivity index (χ2n) is 2.98. The fraction of sp³-hybridized carbons (Fsp3) is 0. The van der Waals surface area contributed by atoms with Crippen LogP contribution in [0.3, 0.4) is 0 Å². The smallest absolute Gasteiger partial charge is 0.328 e. The highest BCUT2D eigenvalue weighted by Crippen LogP contribution is 2.26. The molecule has 2 N–H and O–H groups in total. The zero-order chi connectivity index (χ0) is 12.6. The van der Waals surface area contributed by atoms with Gasteiger partial charge in [0.1, 0.15) is 5.76 Å². The van der Waals surface area contributed by atoms with Crippen LogP contribution in [0.15, 0.2) is 26.5 Å². The fourth-order valence-electron chi connectivity index (χ4n) is 1.10. The second-order valence-corrected chi connectivity index (χ2v) is 5.35. The van der Waals surface area contributed by atoms with Gasteiger partial charge in [0.15, 0.2) is 0 Å². The Morgan fingerprint density at radius 1 is 1.35 bits per heavy atom. The van der Waals surface area contributed by atoms with Gasteiger partial charge in [0.25, 0.3) is 11.1 Å². The highest BCUT2D eigenvalue weighted by atomic mass is 32.2. The van der Waals surface area contributed by atoms with Gasteiger partial charge >= 0.3 is 10.1 Å². The Morgan fingerprint density at radius 2 is 2.06 bits per heavy atom. The molecule has 0 unspecified atom stereocenters. The van der Waals surface area contributed by atoms with E-state index in [1.807, 2.05) is 5.32 Å². The molecule has 0 radical (unpaired) electrons. The van der Waals surface area contributed by atoms with Gasteiger partial charge in [0.2, 0.25) is 5.09 Å². The summed E-state index contributed by atoms with van der Waals surface area (Å²) in [6.45, 7) is 0. The average molecular weight is 275 g/mol. The van der Waals surface area contributed by atoms with Crippen molar-refractivity contribution >= 4 is 39.1 Å². The van der Waals surface area contributed by atoms with Crippen LogP contribution in [0.2, 0.25) is 0 Å². The minimum absolute atomic E-state index is 0.0463. The third-order valence-corrected chi connectivity index (χ3v) is 3.31. The Labute approximate surface area is 99.6 Å². The van der Waals surface area contributed by atoms with E-state index in [1.165, 1.54) is 12.1 Å². The lowest BCUT2D eigenvalue weighted by atomic mass is 10.4. The monoisotopic (exact) mass is 275 g/mol. The SMILES string of the molecule is O=C1NC(=O)/C(=C/c2ccc(S(=O)(=O)O)o2)S1. The minimum atomic E-state index is -4.41. The van der Waals surface area contributed by atoms with E-state index in [2.05, 4.69) is 0 Å². The number of rotatable bonds is 2. The van der Waals surface area contributed by atoms with E-state index in [-0.39, 0.29) is 10.7 Å². The maximum Gasteiger partial charge on any atom is 0.328 e. The van der Waals surface area contributed by atoms with Gasteiger partial charge < -0.3 is 4.42 Å². The summed E-state index contributed by atoms with van der Waals surface area (Å²) in [5, 5.41) is 0.895. The minimum Gasteiger partial charge on any atom is -0.443 e. The van der Waals surface area contributed by atoms with E-state index in [0.717, 1.165) is 6.07 Å². The lowest BCUT2D eigenvalue weighted by Gasteiger charge is -1.90. The largest absolute Gasteiger partial charge is 0.443 e. The van der Waals surface area contributed by atoms with Crippen LogP contribution < -0.4 is 5.32 Å². The summed E-state index contributed by atoms with van der Waals surface area (Å²) in [7, 11) is -4.41. The van der Waals surface area contributed by atoms with E-state index in [0.29, 0.717) is 11.8 Å². The summed E-state index contributed by atoms with van der Waals surface area (Å²) in [6.07, 6.45) is 1.21. The summed E-state index contributed by atoms with van der Waals surface area (Å²) in [5.41, 5.74) is 0. The van der Waals surface area contributed by atoms with Crippen molar-refractivity contribution in [1.82, 2.24) is 5.32 Å². The fourth-order valence-corrected chi connectivity index (χ4v) is 2.20. The number of carbonyl (C=O) groups is 2. The average Bonchev–Trinajstić information content (AvgIpc) is 2.74. The molecule has 0 bridgehead atoms. The first kappa shape index (κ1) is 11.9. The molecular weight excluding hydrogens is 270 g/mol. The summed E-state index contributed by atoms with van der Waals surface area (Å²) in [6, 6.07) is 2.30. The number of nitrogens with one attached hydrogen (secondary N) is 1. The first-order valence-corrected chi connectivity index (χ1v) is 6.44. The third-order valence-electron chi connectivity index (χ3n) is 1.77. The zero-order valence-corrected chi connectivity index (χ0v) is 9.67. The van der Waals surface area contributed by atoms with Crippen molar-refractivity contribution in [2.24, 2.45) is 0 Å². The molecule has 1 aromatic heterocycles. The van der Waals surface area contributed by atoms with Gasteiger partial charge in [-0.25, -0.2) is 0 Å². The summed E-state index contributed by atoms with van der Waals surface area (Å²) in [4.78, 5) is 22.1. The molecule has 1 aromatic rings. The van der Waals surface area contributed by atoms with E-state index in [1.54, 1.807) is 0 Å². The van der Waals surface area contributed by atoms with Crippen molar-refractivity contribution < 1.29 is 27.0 Å². The molecule has 2 rings (SSSR count). The van der Waals surface area contributed by atoms with Gasteiger partial charge in [0, 0.05) is 6.08 Å². The maximum absolute atomic E-state index is 11.2. The molecule has 90 valence electrons. The first-order chi connectivity index (χ1) is 7.86. The van der Waals surface area contributed by atoms with E-state index in [9.17, 15) is 18.0 Å². The number of hydrogen-bond donors (Lipinski definition) is 2. The summed E-state index contributed by atoms with van der Waals surface area (Å²) >= 11 is 0.675. The molecule has 7 nitrogen and oxygen atoms in total. The highest BCUT2D eigenvalue weighted by molar-refractivity contribution is 8.18. The van der Waals surface area contributed by atoms with Gasteiger partial charge in [-0.15, -0.1) is 0 Å². The molecule has 9 heteroatoms. The topological polar surface area (TPSA) is 114 Å². The van der Waals surface area contributed by atoms with Gasteiger partial charge in [-0.05, 0) is 23.9 Å². The molecule has 1 fully saturated rings. The molecule has 2 amide bonds. The Balaban J connectivity index is 2.31. The lowest BCUT2D eigenvalue weighted by molar-refractivity contribution is -0.115. The van der Waals surface area contributed by atoms with Crippen molar-refractivity contribution in [3.63, 3.8) is 0 Å². The third kappa shape index (κ3) is 2.57. The van der Waals surface area contributed by atoms with E-state index >= 15 is 0 Å². The number of furan rings is 1. The van der Waals surface area contributed by atoms with Crippen LogP contribution in [0.5, 0.6) is 0 Å². The van der Waals surface area contributed by atoms with Crippen molar-refractivity contribution in [3.05, 3.63) is 22.8 Å². The summed E-state index contributed by atoms with van der Waals surface area (Å²) < 4.78 is 34.9. The lowest BCUT2D eigenvalue weighted by Crippen LogP contribution is -2.17. The quantitative estimate of drug-likeness (QED) is 0.607. The molecule has 17 heavy (non-hydrogen) atoms. The van der Waals surface area contributed by atoms with Crippen molar-refractivity contribution in [1.29, 1.82) is 0 Å². The Bertz CT molecular complexity index is 626. The molecule has 0 saturated carbocycles. The molecular formula is C8H5NO6S2. The zero-order valence-electron chi connectivity index (χ0n) is 8.04. The standard InChI is InChI=1S/C8H5NO6S2/c10-7-5(16-8(11)9-7)3-4-1-2-6(15-4)17(12,13)14/h1-3H,(H,9,10,11)(H,12,13,14)/b5-3-. The van der Waals surface area contributed by atoms with Crippen LogP contribution in [0.1, 0.15) is 5.76 Å². The van der Waals surface area contributed by atoms with Crippen LogP contribution in [0, 0.1) is 0 Å². The predicted molar refractivity (Wildman–Crippen MR) is 57.6 cm³/mol. The molecule has 0 spiro atoms. The van der Waals surface area contributed by atoms with Gasteiger partial charge in [-0.1, -0.05) is 0 Å². The van der Waals surface area contributed by atoms with E-state index < -0.39 is 26.4 Å². The molecule has 1 saturated heterocycles. The Hall–Kier alpha value is -1.58. The Morgan fingerprint density at radius 3 is 2.53 bits per heavy atom. The van der Waals surface area contributed by atoms with Crippen LogP contribution in [-0.4, -0.2) is 24.1 Å². The molecule has 0 aliphatic carbocycles. The van der Waals surface area contributed by atoms with E-state index in [4.69, 9.17) is 8.97 Å². The Kier molecular flexibility index (Phi) is 2.81. The second kappa shape index (κ2) is 4.02. The number of thioether (sulfide) groups is 1. The number of carbonyl (C=O) groups excluding carboxylic acids is 2. The van der Waals surface area contributed by atoms with Gasteiger partial charge in [0.05, 0.1) is 4.91 Å². The maximum atomic E-state index is 11.2. The molecule has 2 heterocycles.